The first-order chi connectivity index (χ1) is 16.7. The lowest BCUT2D eigenvalue weighted by Gasteiger charge is -2.34. The van der Waals surface area contributed by atoms with Crippen molar-refractivity contribution in [3.8, 4) is 0 Å². The summed E-state index contributed by atoms with van der Waals surface area (Å²) in [4.78, 5) is 4.35. The fourth-order valence-electron chi connectivity index (χ4n) is 4.59. The molecular formula is C27H32F4N4. The zero-order chi connectivity index (χ0) is 25.5. The van der Waals surface area contributed by atoms with Crippen molar-refractivity contribution in [1.29, 1.82) is 0 Å². The van der Waals surface area contributed by atoms with E-state index in [-0.39, 0.29) is 5.56 Å². The molecule has 3 aromatic rings. The second-order valence-electron chi connectivity index (χ2n) is 8.76. The molecule has 188 valence electrons. The van der Waals surface area contributed by atoms with Crippen molar-refractivity contribution in [3.63, 3.8) is 0 Å². The molecule has 0 radical (unpaired) electrons. The molecule has 0 spiro atoms. The first-order valence-electron chi connectivity index (χ1n) is 11.7. The van der Waals surface area contributed by atoms with E-state index in [1.54, 1.807) is 37.3 Å². The number of hydrogen-bond donors (Lipinski definition) is 2. The van der Waals surface area contributed by atoms with Crippen molar-refractivity contribution < 1.29 is 17.6 Å². The minimum atomic E-state index is -4.65. The molecule has 2 N–H and O–H groups in total. The van der Waals surface area contributed by atoms with Crippen LogP contribution in [0, 0.1) is 5.82 Å². The van der Waals surface area contributed by atoms with Gasteiger partial charge in [0.15, 0.2) is 0 Å². The quantitative estimate of drug-likeness (QED) is 0.404. The Morgan fingerprint density at radius 1 is 1.09 bits per heavy atom. The van der Waals surface area contributed by atoms with E-state index >= 15 is 0 Å². The maximum atomic E-state index is 14.2. The standard InChI is InChI=1S/C20H19F4N3.C7H13N/c1-25-19(18-26-8-9-27(18)2,13-14-6-4-3-5-7-14)15-10-16(20(22,23)24)12-17(21)11-15;1-2-8-7-5-3-4-6-7/h3-12,25H,13H2,1-2H3;2,7-8H,1,3-6H2. The van der Waals surface area contributed by atoms with Gasteiger partial charge in [-0.05, 0) is 55.4 Å². The largest absolute Gasteiger partial charge is 0.416 e. The molecule has 0 bridgehead atoms. The summed E-state index contributed by atoms with van der Waals surface area (Å²) in [6, 6.07) is 12.7. The summed E-state index contributed by atoms with van der Waals surface area (Å²) >= 11 is 0. The lowest BCUT2D eigenvalue weighted by atomic mass is 9.82. The van der Waals surface area contributed by atoms with E-state index in [1.165, 1.54) is 25.7 Å². The molecule has 1 aliphatic carbocycles. The van der Waals surface area contributed by atoms with E-state index in [9.17, 15) is 17.6 Å². The monoisotopic (exact) mass is 488 g/mol. The van der Waals surface area contributed by atoms with Gasteiger partial charge < -0.3 is 15.2 Å². The van der Waals surface area contributed by atoms with Gasteiger partial charge in [0.2, 0.25) is 0 Å². The highest BCUT2D eigenvalue weighted by atomic mass is 19.4. The number of alkyl halides is 3. The molecule has 1 fully saturated rings. The predicted molar refractivity (Wildman–Crippen MR) is 130 cm³/mol. The molecule has 1 saturated carbocycles. The second-order valence-corrected chi connectivity index (χ2v) is 8.76. The molecule has 8 heteroatoms. The Kier molecular flexibility index (Phi) is 8.72. The average Bonchev–Trinajstić information content (AvgIpc) is 3.50. The van der Waals surface area contributed by atoms with Crippen LogP contribution in [0.25, 0.3) is 0 Å². The molecule has 1 unspecified atom stereocenters. The Balaban J connectivity index is 0.000000363. The summed E-state index contributed by atoms with van der Waals surface area (Å²) in [5, 5.41) is 6.32. The summed E-state index contributed by atoms with van der Waals surface area (Å²) in [7, 11) is 3.39. The first kappa shape index (κ1) is 26.5. The van der Waals surface area contributed by atoms with E-state index in [0.29, 0.717) is 18.3 Å². The molecule has 1 aliphatic rings. The molecule has 35 heavy (non-hydrogen) atoms. The van der Waals surface area contributed by atoms with Gasteiger partial charge in [-0.1, -0.05) is 49.8 Å². The van der Waals surface area contributed by atoms with Crippen LogP contribution in [-0.2, 0) is 25.2 Å². The molecule has 1 atom stereocenters. The minimum Gasteiger partial charge on any atom is -0.389 e. The highest BCUT2D eigenvalue weighted by Crippen LogP contribution is 2.37. The molecule has 1 aromatic heterocycles. The Bertz CT molecular complexity index is 1090. The number of likely N-dealkylation sites (N-methyl/N-ethyl adjacent to an activating group) is 1. The summed E-state index contributed by atoms with van der Waals surface area (Å²) in [5.74, 6) is -0.450. The Morgan fingerprint density at radius 2 is 1.74 bits per heavy atom. The van der Waals surface area contributed by atoms with Crippen LogP contribution in [-0.4, -0.2) is 22.6 Å². The minimum absolute atomic E-state index is 0.162. The highest BCUT2D eigenvalue weighted by Gasteiger charge is 2.40. The zero-order valence-electron chi connectivity index (χ0n) is 20.1. The van der Waals surface area contributed by atoms with E-state index < -0.39 is 23.1 Å². The molecule has 0 saturated heterocycles. The van der Waals surface area contributed by atoms with Gasteiger partial charge in [-0.2, -0.15) is 13.2 Å². The van der Waals surface area contributed by atoms with Gasteiger partial charge in [-0.15, -0.1) is 0 Å². The van der Waals surface area contributed by atoms with Gasteiger partial charge in [-0.25, -0.2) is 9.37 Å². The topological polar surface area (TPSA) is 41.9 Å². The molecule has 1 heterocycles. The van der Waals surface area contributed by atoms with E-state index in [0.717, 1.165) is 23.7 Å². The van der Waals surface area contributed by atoms with Crippen molar-refractivity contribution in [2.24, 2.45) is 7.05 Å². The smallest absolute Gasteiger partial charge is 0.389 e. The first-order valence-corrected chi connectivity index (χ1v) is 11.7. The molecule has 2 aromatic carbocycles. The number of nitrogens with one attached hydrogen (secondary N) is 2. The molecule has 0 amide bonds. The van der Waals surface area contributed by atoms with Gasteiger partial charge in [0.1, 0.15) is 17.2 Å². The Morgan fingerprint density at radius 3 is 2.29 bits per heavy atom. The van der Waals surface area contributed by atoms with Crippen LogP contribution in [0.15, 0.2) is 73.7 Å². The fourth-order valence-corrected chi connectivity index (χ4v) is 4.59. The molecular weight excluding hydrogens is 456 g/mol. The van der Waals surface area contributed by atoms with Crippen LogP contribution in [0.2, 0.25) is 0 Å². The summed E-state index contributed by atoms with van der Waals surface area (Å²) in [5.41, 5.74) is -1.12. The van der Waals surface area contributed by atoms with Gasteiger partial charge in [0.25, 0.3) is 0 Å². The van der Waals surface area contributed by atoms with Gasteiger partial charge in [0, 0.05) is 31.9 Å². The fraction of sp³-hybridized carbons (Fsp3) is 0.370. The lowest BCUT2D eigenvalue weighted by molar-refractivity contribution is -0.137. The third-order valence-corrected chi connectivity index (χ3v) is 6.37. The number of benzene rings is 2. The number of aryl methyl sites for hydroxylation is 1. The second kappa shape index (κ2) is 11.5. The molecule has 4 nitrogen and oxygen atoms in total. The van der Waals surface area contributed by atoms with Crippen molar-refractivity contribution in [2.75, 3.05) is 7.05 Å². The molecule has 0 aliphatic heterocycles. The highest BCUT2D eigenvalue weighted by molar-refractivity contribution is 5.39. The van der Waals surface area contributed by atoms with E-state index in [1.807, 2.05) is 30.3 Å². The van der Waals surface area contributed by atoms with Crippen LogP contribution in [0.5, 0.6) is 0 Å². The normalized spacial score (nSPS) is 15.7. The van der Waals surface area contributed by atoms with Crippen LogP contribution < -0.4 is 10.6 Å². The maximum Gasteiger partial charge on any atom is 0.416 e. The summed E-state index contributed by atoms with van der Waals surface area (Å²) in [6.45, 7) is 3.61. The number of imidazole rings is 1. The summed E-state index contributed by atoms with van der Waals surface area (Å²) < 4.78 is 55.7. The number of rotatable bonds is 7. The van der Waals surface area contributed by atoms with Crippen molar-refractivity contribution in [3.05, 3.63) is 102 Å². The van der Waals surface area contributed by atoms with Crippen LogP contribution >= 0.6 is 0 Å². The van der Waals surface area contributed by atoms with Gasteiger partial charge in [0.05, 0.1) is 5.56 Å². The van der Waals surface area contributed by atoms with Crippen LogP contribution in [0.1, 0.15) is 48.2 Å². The van der Waals surface area contributed by atoms with Gasteiger partial charge in [-0.3, -0.25) is 0 Å². The Hall–Kier alpha value is -3.13. The predicted octanol–water partition coefficient (Wildman–Crippen LogP) is 5.95. The maximum absolute atomic E-state index is 14.2. The Labute approximate surface area is 204 Å². The van der Waals surface area contributed by atoms with E-state index in [2.05, 4.69) is 22.2 Å². The van der Waals surface area contributed by atoms with Crippen molar-refractivity contribution in [2.45, 2.75) is 49.9 Å². The third-order valence-electron chi connectivity index (χ3n) is 6.37. The molecule has 4 rings (SSSR count). The van der Waals surface area contributed by atoms with Crippen molar-refractivity contribution in [1.82, 2.24) is 20.2 Å². The number of nitrogens with zero attached hydrogens (tertiary/aromatic N) is 2. The number of halogens is 4. The number of hydrogen-bond acceptors (Lipinski definition) is 3. The lowest BCUT2D eigenvalue weighted by Crippen LogP contribution is -2.45. The third kappa shape index (κ3) is 6.51. The van der Waals surface area contributed by atoms with Crippen molar-refractivity contribution >= 4 is 0 Å². The SMILES string of the molecule is C=CNC1CCCC1.CNC(Cc1ccccc1)(c1cc(F)cc(C(F)(F)F)c1)c1nccn1C. The number of aromatic nitrogens is 2. The average molecular weight is 489 g/mol. The van der Waals surface area contributed by atoms with E-state index in [4.69, 9.17) is 0 Å². The van der Waals surface area contributed by atoms with Crippen LogP contribution in [0.3, 0.4) is 0 Å². The zero-order valence-corrected chi connectivity index (χ0v) is 20.1. The summed E-state index contributed by atoms with van der Waals surface area (Å²) in [6.07, 6.45) is 6.19. The van der Waals surface area contributed by atoms with Crippen LogP contribution in [0.4, 0.5) is 17.6 Å². The van der Waals surface area contributed by atoms with Gasteiger partial charge >= 0.3 is 6.18 Å².